The summed E-state index contributed by atoms with van der Waals surface area (Å²) in [6, 6.07) is 10.5. The van der Waals surface area contributed by atoms with Crippen LogP contribution in [0.3, 0.4) is 0 Å². The van der Waals surface area contributed by atoms with E-state index in [1.165, 1.54) is 0 Å². The molecule has 1 atom stereocenters. The van der Waals surface area contributed by atoms with E-state index in [4.69, 9.17) is 10.00 Å². The maximum atomic E-state index is 12.5. The van der Waals surface area contributed by atoms with Crippen LogP contribution in [0.2, 0.25) is 0 Å². The van der Waals surface area contributed by atoms with E-state index in [1.54, 1.807) is 34.6 Å². The molecule has 0 radical (unpaired) electrons. The van der Waals surface area contributed by atoms with Gasteiger partial charge in [-0.1, -0.05) is 30.3 Å². The lowest BCUT2D eigenvalue weighted by Gasteiger charge is -2.25. The Morgan fingerprint density at radius 2 is 1.75 bits per heavy atom. The summed E-state index contributed by atoms with van der Waals surface area (Å²) in [6.07, 6.45) is -0.374. The number of nitrogens with zero attached hydrogens (tertiary/aromatic N) is 1. The minimum absolute atomic E-state index is 0.299. The third-order valence-electron chi connectivity index (χ3n) is 3.01. The molecular formula is C18H25N3O3. The minimum atomic E-state index is -1.03. The van der Waals surface area contributed by atoms with Crippen LogP contribution in [0, 0.1) is 11.3 Å². The Labute approximate surface area is 143 Å². The number of nitrogens with one attached hydrogen (secondary N) is 2. The summed E-state index contributed by atoms with van der Waals surface area (Å²) >= 11 is 0. The maximum Gasteiger partial charge on any atom is 0.408 e. The second kappa shape index (κ2) is 7.82. The fourth-order valence-corrected chi connectivity index (χ4v) is 1.93. The van der Waals surface area contributed by atoms with Gasteiger partial charge in [0.05, 0.1) is 6.07 Å². The smallest absolute Gasteiger partial charge is 0.408 e. The zero-order valence-corrected chi connectivity index (χ0v) is 14.8. The lowest BCUT2D eigenvalue weighted by Crippen LogP contribution is -2.54. The molecular weight excluding hydrogens is 306 g/mol. The lowest BCUT2D eigenvalue weighted by molar-refractivity contribution is -0.124. The van der Waals surface area contributed by atoms with Gasteiger partial charge in [0.25, 0.3) is 0 Å². The van der Waals surface area contributed by atoms with Crippen molar-refractivity contribution < 1.29 is 14.3 Å². The molecule has 0 bridgehead atoms. The van der Waals surface area contributed by atoms with Gasteiger partial charge in [-0.2, -0.15) is 5.26 Å². The van der Waals surface area contributed by atoms with Gasteiger partial charge in [0.2, 0.25) is 5.91 Å². The number of carbonyl (C=O) groups excluding carboxylic acids is 2. The van der Waals surface area contributed by atoms with Gasteiger partial charge in [-0.3, -0.25) is 4.79 Å². The van der Waals surface area contributed by atoms with Crippen LogP contribution in [0.5, 0.6) is 0 Å². The fourth-order valence-electron chi connectivity index (χ4n) is 1.93. The molecule has 24 heavy (non-hydrogen) atoms. The zero-order chi connectivity index (χ0) is 18.4. The predicted octanol–water partition coefficient (Wildman–Crippen LogP) is 2.54. The van der Waals surface area contributed by atoms with E-state index in [9.17, 15) is 9.59 Å². The lowest BCUT2D eigenvalue weighted by atomic mass is 10.0. The van der Waals surface area contributed by atoms with Gasteiger partial charge in [0, 0.05) is 6.42 Å². The summed E-state index contributed by atoms with van der Waals surface area (Å²) in [5, 5.41) is 14.3. The van der Waals surface area contributed by atoms with E-state index in [0.717, 1.165) is 5.56 Å². The molecule has 0 spiro atoms. The van der Waals surface area contributed by atoms with Crippen molar-refractivity contribution >= 4 is 12.0 Å². The van der Waals surface area contributed by atoms with Crippen molar-refractivity contribution in [2.75, 3.05) is 0 Å². The van der Waals surface area contributed by atoms with Gasteiger partial charge in [0.15, 0.2) is 0 Å². The SMILES string of the molecule is CC(C)(C#N)NC(=O)[C@H](Cc1ccccc1)NC(=O)OC(C)(C)C. The monoisotopic (exact) mass is 331 g/mol. The van der Waals surface area contributed by atoms with Crippen molar-refractivity contribution in [1.29, 1.82) is 5.26 Å². The standard InChI is InChI=1S/C18H25N3O3/c1-17(2,3)24-16(23)20-14(11-13-9-7-6-8-10-13)15(22)21-18(4,5)12-19/h6-10,14H,11H2,1-5H3,(H,20,23)(H,21,22)/t14-/m0/s1. The minimum Gasteiger partial charge on any atom is -0.444 e. The highest BCUT2D eigenvalue weighted by Gasteiger charge is 2.28. The Bertz CT molecular complexity index is 613. The molecule has 1 aromatic rings. The number of hydrogen-bond acceptors (Lipinski definition) is 4. The molecule has 130 valence electrons. The molecule has 0 saturated heterocycles. The van der Waals surface area contributed by atoms with Gasteiger partial charge < -0.3 is 15.4 Å². The molecule has 2 amide bonds. The molecule has 1 rings (SSSR count). The van der Waals surface area contributed by atoms with E-state index in [-0.39, 0.29) is 0 Å². The summed E-state index contributed by atoms with van der Waals surface area (Å²) in [5.74, 6) is -0.434. The van der Waals surface area contributed by atoms with Crippen LogP contribution < -0.4 is 10.6 Å². The van der Waals surface area contributed by atoms with Crippen molar-refractivity contribution in [3.05, 3.63) is 35.9 Å². The molecule has 0 aliphatic heterocycles. The Kier molecular flexibility index (Phi) is 6.35. The first-order valence-corrected chi connectivity index (χ1v) is 7.79. The summed E-state index contributed by atoms with van der Waals surface area (Å²) in [5.41, 5.74) is -0.797. The third-order valence-corrected chi connectivity index (χ3v) is 3.01. The largest absolute Gasteiger partial charge is 0.444 e. The number of rotatable bonds is 5. The van der Waals surface area contributed by atoms with E-state index < -0.39 is 29.2 Å². The van der Waals surface area contributed by atoms with E-state index in [2.05, 4.69) is 10.6 Å². The van der Waals surface area contributed by atoms with Crippen LogP contribution in [0.15, 0.2) is 30.3 Å². The van der Waals surface area contributed by atoms with Crippen LogP contribution in [0.25, 0.3) is 0 Å². The van der Waals surface area contributed by atoms with E-state index in [1.807, 2.05) is 36.4 Å². The van der Waals surface area contributed by atoms with E-state index >= 15 is 0 Å². The average molecular weight is 331 g/mol. The number of hydrogen-bond donors (Lipinski definition) is 2. The first kappa shape index (κ1) is 19.5. The maximum absolute atomic E-state index is 12.5. The molecule has 1 aromatic carbocycles. The summed E-state index contributed by atoms with van der Waals surface area (Å²) < 4.78 is 5.22. The van der Waals surface area contributed by atoms with Crippen molar-refractivity contribution in [3.8, 4) is 6.07 Å². The number of carbonyl (C=O) groups is 2. The highest BCUT2D eigenvalue weighted by Crippen LogP contribution is 2.09. The molecule has 6 heteroatoms. The predicted molar refractivity (Wildman–Crippen MR) is 91.1 cm³/mol. The molecule has 0 aromatic heterocycles. The molecule has 0 unspecified atom stereocenters. The Morgan fingerprint density at radius 1 is 1.17 bits per heavy atom. The quantitative estimate of drug-likeness (QED) is 0.867. The fraction of sp³-hybridized carbons (Fsp3) is 0.500. The molecule has 0 aliphatic rings. The average Bonchev–Trinajstić information content (AvgIpc) is 2.45. The van der Waals surface area contributed by atoms with Crippen LogP contribution in [0.4, 0.5) is 4.79 Å². The number of alkyl carbamates (subject to hydrolysis) is 1. The molecule has 0 heterocycles. The highest BCUT2D eigenvalue weighted by molar-refractivity contribution is 5.86. The summed E-state index contributed by atoms with van der Waals surface area (Å²) in [4.78, 5) is 24.5. The van der Waals surface area contributed by atoms with Gasteiger partial charge in [0.1, 0.15) is 17.2 Å². The van der Waals surface area contributed by atoms with Crippen molar-refractivity contribution in [1.82, 2.24) is 10.6 Å². The van der Waals surface area contributed by atoms with Gasteiger partial charge >= 0.3 is 6.09 Å². The second-order valence-electron chi connectivity index (χ2n) is 7.11. The topological polar surface area (TPSA) is 91.2 Å². The van der Waals surface area contributed by atoms with Crippen LogP contribution in [0.1, 0.15) is 40.2 Å². The van der Waals surface area contributed by atoms with Crippen LogP contribution >= 0.6 is 0 Å². The molecule has 6 nitrogen and oxygen atoms in total. The van der Waals surface area contributed by atoms with Crippen LogP contribution in [-0.2, 0) is 16.0 Å². The van der Waals surface area contributed by atoms with Gasteiger partial charge in [-0.25, -0.2) is 4.79 Å². The van der Waals surface area contributed by atoms with Crippen molar-refractivity contribution in [2.24, 2.45) is 0 Å². The van der Waals surface area contributed by atoms with Crippen LogP contribution in [-0.4, -0.2) is 29.2 Å². The number of nitriles is 1. The molecule has 0 fully saturated rings. The molecule has 0 saturated carbocycles. The van der Waals surface area contributed by atoms with Crippen molar-refractivity contribution in [3.63, 3.8) is 0 Å². The van der Waals surface area contributed by atoms with Gasteiger partial charge in [-0.05, 0) is 40.2 Å². The third kappa shape index (κ3) is 7.14. The normalized spacial score (nSPS) is 12.7. The van der Waals surface area contributed by atoms with E-state index in [0.29, 0.717) is 6.42 Å². The summed E-state index contributed by atoms with van der Waals surface area (Å²) in [7, 11) is 0. The van der Waals surface area contributed by atoms with Crippen molar-refractivity contribution in [2.45, 2.75) is 58.2 Å². The highest BCUT2D eigenvalue weighted by atomic mass is 16.6. The Morgan fingerprint density at radius 3 is 2.25 bits per heavy atom. The zero-order valence-electron chi connectivity index (χ0n) is 14.8. The summed E-state index contributed by atoms with van der Waals surface area (Å²) in [6.45, 7) is 8.43. The molecule has 2 N–H and O–H groups in total. The molecule has 0 aliphatic carbocycles. The Balaban J connectivity index is 2.89. The first-order chi connectivity index (χ1) is 11.0. The number of benzene rings is 1. The number of amides is 2. The second-order valence-corrected chi connectivity index (χ2v) is 7.11. The first-order valence-electron chi connectivity index (χ1n) is 7.79. The van der Waals surface area contributed by atoms with Gasteiger partial charge in [-0.15, -0.1) is 0 Å². The Hall–Kier alpha value is -2.55. The number of ether oxygens (including phenoxy) is 1.